The summed E-state index contributed by atoms with van der Waals surface area (Å²) in [6, 6.07) is 6.11. The van der Waals surface area contributed by atoms with E-state index in [4.69, 9.17) is 0 Å². The molecule has 0 heterocycles. The van der Waals surface area contributed by atoms with Gasteiger partial charge in [-0.2, -0.15) is 0 Å². The quantitative estimate of drug-likeness (QED) is 0.876. The Kier molecular flexibility index (Phi) is 4.44. The summed E-state index contributed by atoms with van der Waals surface area (Å²) in [5.41, 5.74) is 1.89. The van der Waals surface area contributed by atoms with Crippen molar-refractivity contribution >= 4 is 21.8 Å². The molecule has 1 aliphatic carbocycles. The Bertz CT molecular complexity index is 444. The predicted molar refractivity (Wildman–Crippen MR) is 77.8 cm³/mol. The van der Waals surface area contributed by atoms with Crippen LogP contribution in [-0.4, -0.2) is 11.9 Å². The average Bonchev–Trinajstić information content (AvgIpc) is 2.35. The van der Waals surface area contributed by atoms with Gasteiger partial charge in [-0.05, 0) is 43.4 Å². The normalized spacial score (nSPS) is 23.7. The average molecular weight is 310 g/mol. The van der Waals surface area contributed by atoms with Gasteiger partial charge in [0.25, 0.3) is 5.91 Å². The smallest absolute Gasteiger partial charge is 0.251 e. The number of carbonyl (C=O) groups is 1. The van der Waals surface area contributed by atoms with Crippen LogP contribution in [0.1, 0.15) is 48.5 Å². The molecule has 1 N–H and O–H groups in total. The first-order valence-corrected chi connectivity index (χ1v) is 7.44. The van der Waals surface area contributed by atoms with Gasteiger partial charge in [0.2, 0.25) is 0 Å². The summed E-state index contributed by atoms with van der Waals surface area (Å²) in [5, 5.41) is 3.17. The molecule has 1 amide bonds. The Morgan fingerprint density at radius 3 is 2.72 bits per heavy atom. The van der Waals surface area contributed by atoms with Crippen molar-refractivity contribution in [2.75, 3.05) is 0 Å². The Hall–Kier alpha value is -0.830. The van der Waals surface area contributed by atoms with Crippen molar-refractivity contribution in [2.24, 2.45) is 5.92 Å². The number of benzene rings is 1. The highest BCUT2D eigenvalue weighted by Crippen LogP contribution is 2.24. The van der Waals surface area contributed by atoms with Crippen LogP contribution < -0.4 is 5.32 Å². The van der Waals surface area contributed by atoms with Crippen LogP contribution in [0.5, 0.6) is 0 Å². The summed E-state index contributed by atoms with van der Waals surface area (Å²) in [6.45, 7) is 4.25. The van der Waals surface area contributed by atoms with Gasteiger partial charge in [-0.15, -0.1) is 0 Å². The highest BCUT2D eigenvalue weighted by atomic mass is 79.9. The number of hydrogen-bond acceptors (Lipinski definition) is 1. The van der Waals surface area contributed by atoms with Crippen LogP contribution in [0.4, 0.5) is 0 Å². The molecular formula is C15H20BrNO. The van der Waals surface area contributed by atoms with Crippen molar-refractivity contribution in [2.45, 2.75) is 45.6 Å². The van der Waals surface area contributed by atoms with Crippen LogP contribution in [0.2, 0.25) is 0 Å². The monoisotopic (exact) mass is 309 g/mol. The third-order valence-corrected chi connectivity index (χ3v) is 4.72. The van der Waals surface area contributed by atoms with Crippen LogP contribution in [0.15, 0.2) is 22.7 Å². The first kappa shape index (κ1) is 13.6. The van der Waals surface area contributed by atoms with Crippen molar-refractivity contribution in [1.29, 1.82) is 0 Å². The molecule has 98 valence electrons. The van der Waals surface area contributed by atoms with E-state index in [1.54, 1.807) is 0 Å². The maximum Gasteiger partial charge on any atom is 0.251 e. The Morgan fingerprint density at radius 1 is 1.33 bits per heavy atom. The lowest BCUT2D eigenvalue weighted by atomic mass is 9.86. The van der Waals surface area contributed by atoms with E-state index in [0.29, 0.717) is 12.0 Å². The van der Waals surface area contributed by atoms with E-state index in [2.05, 4.69) is 28.2 Å². The summed E-state index contributed by atoms with van der Waals surface area (Å²) < 4.78 is 0.992. The second-order valence-electron chi connectivity index (χ2n) is 5.31. The molecule has 3 heteroatoms. The zero-order valence-electron chi connectivity index (χ0n) is 11.0. The van der Waals surface area contributed by atoms with Crippen LogP contribution in [0.3, 0.4) is 0 Å². The zero-order chi connectivity index (χ0) is 13.1. The number of halogens is 1. The van der Waals surface area contributed by atoms with Crippen molar-refractivity contribution in [3.63, 3.8) is 0 Å². The Labute approximate surface area is 117 Å². The van der Waals surface area contributed by atoms with Crippen LogP contribution in [0.25, 0.3) is 0 Å². The van der Waals surface area contributed by atoms with Crippen molar-refractivity contribution < 1.29 is 4.79 Å². The molecule has 1 aromatic carbocycles. The zero-order valence-corrected chi connectivity index (χ0v) is 12.6. The molecule has 0 radical (unpaired) electrons. The maximum absolute atomic E-state index is 12.2. The highest BCUT2D eigenvalue weighted by molar-refractivity contribution is 9.10. The van der Waals surface area contributed by atoms with Crippen molar-refractivity contribution in [3.05, 3.63) is 33.8 Å². The number of aryl methyl sites for hydroxylation is 1. The first-order chi connectivity index (χ1) is 8.58. The van der Waals surface area contributed by atoms with Crippen LogP contribution in [0, 0.1) is 12.8 Å². The van der Waals surface area contributed by atoms with Crippen LogP contribution in [-0.2, 0) is 0 Å². The number of carbonyl (C=O) groups excluding carboxylic acids is 1. The molecular weight excluding hydrogens is 290 g/mol. The standard InChI is InChI=1S/C15H20BrNO/c1-10-7-8-12(9-13(10)16)15(18)17-14-6-4-3-5-11(14)2/h7-9,11,14H,3-6H2,1-2H3,(H,17,18). The fourth-order valence-electron chi connectivity index (χ4n) is 2.52. The van der Waals surface area contributed by atoms with Gasteiger partial charge >= 0.3 is 0 Å². The number of hydrogen-bond donors (Lipinski definition) is 1. The minimum absolute atomic E-state index is 0.0504. The molecule has 0 saturated heterocycles. The van der Waals surface area contributed by atoms with E-state index < -0.39 is 0 Å². The van der Waals surface area contributed by atoms with E-state index in [0.717, 1.165) is 22.0 Å². The summed E-state index contributed by atoms with van der Waals surface area (Å²) >= 11 is 3.47. The third-order valence-electron chi connectivity index (χ3n) is 3.86. The summed E-state index contributed by atoms with van der Waals surface area (Å²) in [5.74, 6) is 0.644. The predicted octanol–water partition coefficient (Wildman–Crippen LogP) is 4.07. The molecule has 2 unspecified atom stereocenters. The molecule has 0 aromatic heterocycles. The number of rotatable bonds is 2. The third kappa shape index (κ3) is 3.14. The molecule has 1 aromatic rings. The molecule has 18 heavy (non-hydrogen) atoms. The van der Waals surface area contributed by atoms with Crippen LogP contribution >= 0.6 is 15.9 Å². The van der Waals surface area contributed by atoms with Gasteiger partial charge in [0.05, 0.1) is 0 Å². The second kappa shape index (κ2) is 5.87. The molecule has 2 atom stereocenters. The van der Waals surface area contributed by atoms with E-state index in [9.17, 15) is 4.79 Å². The highest BCUT2D eigenvalue weighted by Gasteiger charge is 2.23. The fraction of sp³-hybridized carbons (Fsp3) is 0.533. The maximum atomic E-state index is 12.2. The van der Waals surface area contributed by atoms with Gasteiger partial charge in [-0.3, -0.25) is 4.79 Å². The van der Waals surface area contributed by atoms with Crippen molar-refractivity contribution in [1.82, 2.24) is 5.32 Å². The molecule has 0 aliphatic heterocycles. The number of amides is 1. The van der Waals surface area contributed by atoms with E-state index >= 15 is 0 Å². The van der Waals surface area contributed by atoms with E-state index in [1.807, 2.05) is 25.1 Å². The minimum atomic E-state index is 0.0504. The molecule has 0 spiro atoms. The largest absolute Gasteiger partial charge is 0.349 e. The lowest BCUT2D eigenvalue weighted by Crippen LogP contribution is -2.41. The fourth-order valence-corrected chi connectivity index (χ4v) is 2.90. The summed E-state index contributed by atoms with van der Waals surface area (Å²) in [7, 11) is 0. The lowest BCUT2D eigenvalue weighted by Gasteiger charge is -2.29. The molecule has 2 rings (SSSR count). The molecule has 2 nitrogen and oxygen atoms in total. The molecule has 1 aliphatic rings. The Morgan fingerprint density at radius 2 is 2.06 bits per heavy atom. The number of nitrogens with one attached hydrogen (secondary N) is 1. The molecule has 1 fully saturated rings. The van der Waals surface area contributed by atoms with Gasteiger partial charge in [0, 0.05) is 16.1 Å². The summed E-state index contributed by atoms with van der Waals surface area (Å²) in [6.07, 6.45) is 4.86. The second-order valence-corrected chi connectivity index (χ2v) is 6.16. The van der Waals surface area contributed by atoms with Gasteiger partial charge in [0.15, 0.2) is 0 Å². The van der Waals surface area contributed by atoms with Crippen molar-refractivity contribution in [3.8, 4) is 0 Å². The topological polar surface area (TPSA) is 29.1 Å². The van der Waals surface area contributed by atoms with E-state index in [1.165, 1.54) is 19.3 Å². The SMILES string of the molecule is Cc1ccc(C(=O)NC2CCCCC2C)cc1Br. The molecule has 0 bridgehead atoms. The van der Waals surface area contributed by atoms with E-state index in [-0.39, 0.29) is 5.91 Å². The molecule has 1 saturated carbocycles. The first-order valence-electron chi connectivity index (χ1n) is 6.65. The van der Waals surface area contributed by atoms with Gasteiger partial charge in [0.1, 0.15) is 0 Å². The summed E-state index contributed by atoms with van der Waals surface area (Å²) in [4.78, 5) is 12.2. The van der Waals surface area contributed by atoms with Gasteiger partial charge in [-0.1, -0.05) is 41.8 Å². The van der Waals surface area contributed by atoms with Gasteiger partial charge < -0.3 is 5.32 Å². The minimum Gasteiger partial charge on any atom is -0.349 e. The Balaban J connectivity index is 2.04. The van der Waals surface area contributed by atoms with Gasteiger partial charge in [-0.25, -0.2) is 0 Å². The lowest BCUT2D eigenvalue weighted by molar-refractivity contribution is 0.0910.